The summed E-state index contributed by atoms with van der Waals surface area (Å²) in [7, 11) is 0. The molecule has 0 aliphatic carbocycles. The van der Waals surface area contributed by atoms with Gasteiger partial charge in [0.2, 0.25) is 6.79 Å². The van der Waals surface area contributed by atoms with E-state index in [0.29, 0.717) is 32.0 Å². The lowest BCUT2D eigenvalue weighted by atomic mass is 9.74. The lowest BCUT2D eigenvalue weighted by molar-refractivity contribution is 0.0486. The molecule has 0 bridgehead atoms. The molecule has 3 heterocycles. The van der Waals surface area contributed by atoms with Gasteiger partial charge in [-0.05, 0) is 36.1 Å². The second-order valence-corrected chi connectivity index (χ2v) is 7.93. The molecule has 8 nitrogen and oxygen atoms in total. The summed E-state index contributed by atoms with van der Waals surface area (Å²) < 4.78 is 18.3. The van der Waals surface area contributed by atoms with Crippen LogP contribution in [0, 0.1) is 0 Å². The number of benzene rings is 2. The summed E-state index contributed by atoms with van der Waals surface area (Å²) in [6.45, 7) is 2.60. The highest BCUT2D eigenvalue weighted by atomic mass is 16.7. The minimum absolute atomic E-state index is 0.227. The van der Waals surface area contributed by atoms with E-state index in [1.807, 2.05) is 42.5 Å². The second kappa shape index (κ2) is 8.39. The Morgan fingerprint density at radius 1 is 1.06 bits per heavy atom. The number of hydrogen-bond acceptors (Lipinski definition) is 6. The molecule has 160 valence electrons. The maximum atomic E-state index is 12.8. The van der Waals surface area contributed by atoms with E-state index in [0.717, 1.165) is 35.5 Å². The number of ether oxygens (including phenoxy) is 3. The highest BCUT2D eigenvalue weighted by molar-refractivity contribution is 5.91. The van der Waals surface area contributed by atoms with Crippen LogP contribution in [-0.4, -0.2) is 47.5 Å². The van der Waals surface area contributed by atoms with Gasteiger partial charge in [-0.1, -0.05) is 41.6 Å². The molecule has 0 unspecified atom stereocenters. The van der Waals surface area contributed by atoms with Crippen LogP contribution < -0.4 is 14.8 Å². The van der Waals surface area contributed by atoms with E-state index in [2.05, 4.69) is 21.7 Å². The standard InChI is InChI=1S/C23H24N4O4/c28-22(19-14-27(26-25-19)13-17-4-2-1-3-5-17)24-15-23(8-10-29-11-9-23)18-6-7-20-21(12-18)31-16-30-20/h1-7,12,14H,8-11,13,15-16H2,(H,24,28). The van der Waals surface area contributed by atoms with Crippen molar-refractivity contribution in [3.05, 3.63) is 71.5 Å². The van der Waals surface area contributed by atoms with Crippen molar-refractivity contribution in [2.24, 2.45) is 0 Å². The van der Waals surface area contributed by atoms with E-state index in [4.69, 9.17) is 14.2 Å². The summed E-state index contributed by atoms with van der Waals surface area (Å²) in [5.74, 6) is 1.27. The van der Waals surface area contributed by atoms with Crippen molar-refractivity contribution >= 4 is 5.91 Å². The van der Waals surface area contributed by atoms with Crippen LogP contribution in [0.4, 0.5) is 0 Å². The molecule has 0 spiro atoms. The van der Waals surface area contributed by atoms with Crippen molar-refractivity contribution < 1.29 is 19.0 Å². The maximum Gasteiger partial charge on any atom is 0.273 e. The first-order valence-corrected chi connectivity index (χ1v) is 10.4. The fourth-order valence-electron chi connectivity index (χ4n) is 4.15. The number of nitrogens with one attached hydrogen (secondary N) is 1. The third-order valence-electron chi connectivity index (χ3n) is 5.98. The Balaban J connectivity index is 1.29. The lowest BCUT2D eigenvalue weighted by Gasteiger charge is -2.38. The average molecular weight is 420 g/mol. The molecular weight excluding hydrogens is 396 g/mol. The Morgan fingerprint density at radius 2 is 1.87 bits per heavy atom. The van der Waals surface area contributed by atoms with Crippen molar-refractivity contribution in [3.63, 3.8) is 0 Å². The Morgan fingerprint density at radius 3 is 2.71 bits per heavy atom. The van der Waals surface area contributed by atoms with Gasteiger partial charge in [-0.3, -0.25) is 4.79 Å². The van der Waals surface area contributed by atoms with Gasteiger partial charge in [-0.2, -0.15) is 0 Å². The average Bonchev–Trinajstić information content (AvgIpc) is 3.48. The molecule has 1 aromatic heterocycles. The van der Waals surface area contributed by atoms with E-state index >= 15 is 0 Å². The van der Waals surface area contributed by atoms with Gasteiger partial charge in [0.05, 0.1) is 12.7 Å². The van der Waals surface area contributed by atoms with Gasteiger partial charge in [0.15, 0.2) is 17.2 Å². The molecule has 1 N–H and O–H groups in total. The first kappa shape index (κ1) is 19.6. The van der Waals surface area contributed by atoms with E-state index in [1.54, 1.807) is 10.9 Å². The van der Waals surface area contributed by atoms with Crippen LogP contribution in [0.5, 0.6) is 11.5 Å². The number of hydrogen-bond donors (Lipinski definition) is 1. The molecule has 2 aromatic carbocycles. The maximum absolute atomic E-state index is 12.8. The van der Waals surface area contributed by atoms with Crippen LogP contribution in [0.3, 0.4) is 0 Å². The van der Waals surface area contributed by atoms with Gasteiger partial charge in [0.1, 0.15) is 0 Å². The number of fused-ring (bicyclic) bond motifs is 1. The Bertz CT molecular complexity index is 1060. The van der Waals surface area contributed by atoms with Crippen molar-refractivity contribution in [1.29, 1.82) is 0 Å². The summed E-state index contributed by atoms with van der Waals surface area (Å²) in [6.07, 6.45) is 3.31. The number of aromatic nitrogens is 3. The normalized spacial score (nSPS) is 16.8. The first-order valence-electron chi connectivity index (χ1n) is 10.4. The molecule has 1 amide bonds. The monoisotopic (exact) mass is 420 g/mol. The second-order valence-electron chi connectivity index (χ2n) is 7.93. The van der Waals surface area contributed by atoms with Crippen LogP contribution in [0.1, 0.15) is 34.5 Å². The zero-order chi connectivity index (χ0) is 21.1. The Kier molecular flexibility index (Phi) is 5.30. The summed E-state index contributed by atoms with van der Waals surface area (Å²) in [4.78, 5) is 12.8. The molecule has 0 saturated carbocycles. The Labute approximate surface area is 180 Å². The third kappa shape index (κ3) is 4.11. The van der Waals surface area contributed by atoms with E-state index < -0.39 is 0 Å². The third-order valence-corrected chi connectivity index (χ3v) is 5.98. The topological polar surface area (TPSA) is 87.5 Å². The molecule has 31 heavy (non-hydrogen) atoms. The smallest absolute Gasteiger partial charge is 0.273 e. The molecule has 2 aliphatic heterocycles. The molecule has 1 saturated heterocycles. The molecule has 1 fully saturated rings. The number of amides is 1. The molecule has 3 aromatic rings. The minimum Gasteiger partial charge on any atom is -0.454 e. The predicted molar refractivity (Wildman–Crippen MR) is 112 cm³/mol. The van der Waals surface area contributed by atoms with Gasteiger partial charge in [-0.25, -0.2) is 4.68 Å². The summed E-state index contributed by atoms with van der Waals surface area (Å²) in [5.41, 5.74) is 2.30. The van der Waals surface area contributed by atoms with E-state index in [1.165, 1.54) is 0 Å². The van der Waals surface area contributed by atoms with Gasteiger partial charge < -0.3 is 19.5 Å². The zero-order valence-electron chi connectivity index (χ0n) is 17.1. The molecule has 5 rings (SSSR count). The van der Waals surface area contributed by atoms with Crippen molar-refractivity contribution in [2.75, 3.05) is 26.6 Å². The quantitative estimate of drug-likeness (QED) is 0.659. The summed E-state index contributed by atoms with van der Waals surface area (Å²) in [5, 5.41) is 11.2. The summed E-state index contributed by atoms with van der Waals surface area (Å²) >= 11 is 0. The highest BCUT2D eigenvalue weighted by Crippen LogP contribution is 2.40. The minimum atomic E-state index is -0.231. The van der Waals surface area contributed by atoms with Crippen LogP contribution in [0.2, 0.25) is 0 Å². The van der Waals surface area contributed by atoms with Crippen LogP contribution in [0.15, 0.2) is 54.7 Å². The van der Waals surface area contributed by atoms with Crippen molar-refractivity contribution in [3.8, 4) is 11.5 Å². The molecule has 2 aliphatic rings. The first-order chi connectivity index (χ1) is 15.2. The van der Waals surface area contributed by atoms with Crippen LogP contribution in [0.25, 0.3) is 0 Å². The van der Waals surface area contributed by atoms with Gasteiger partial charge in [-0.15, -0.1) is 5.10 Å². The zero-order valence-corrected chi connectivity index (χ0v) is 17.1. The van der Waals surface area contributed by atoms with E-state index in [9.17, 15) is 4.79 Å². The van der Waals surface area contributed by atoms with Gasteiger partial charge >= 0.3 is 0 Å². The van der Waals surface area contributed by atoms with Crippen molar-refractivity contribution in [2.45, 2.75) is 24.8 Å². The van der Waals surface area contributed by atoms with Crippen LogP contribution in [-0.2, 0) is 16.7 Å². The number of carbonyl (C=O) groups excluding carboxylic acids is 1. The van der Waals surface area contributed by atoms with Gasteiger partial charge in [0, 0.05) is 25.2 Å². The summed E-state index contributed by atoms with van der Waals surface area (Å²) in [6, 6.07) is 16.0. The molecule has 0 atom stereocenters. The van der Waals surface area contributed by atoms with Gasteiger partial charge in [0.25, 0.3) is 5.91 Å². The largest absolute Gasteiger partial charge is 0.454 e. The molecule has 8 heteroatoms. The number of carbonyl (C=O) groups is 1. The molecule has 0 radical (unpaired) electrons. The van der Waals surface area contributed by atoms with Crippen LogP contribution >= 0.6 is 0 Å². The molecular formula is C23H24N4O4. The predicted octanol–water partition coefficient (Wildman–Crippen LogP) is 2.53. The fourth-order valence-corrected chi connectivity index (χ4v) is 4.15. The highest BCUT2D eigenvalue weighted by Gasteiger charge is 2.36. The number of rotatable bonds is 6. The lowest BCUT2D eigenvalue weighted by Crippen LogP contribution is -2.44. The van der Waals surface area contributed by atoms with E-state index in [-0.39, 0.29) is 18.1 Å². The SMILES string of the molecule is O=C(NCC1(c2ccc3c(c2)OCO3)CCOCC1)c1cn(Cc2ccccc2)nn1. The Hall–Kier alpha value is -3.39. The van der Waals surface area contributed by atoms with Crippen molar-refractivity contribution in [1.82, 2.24) is 20.3 Å². The fraction of sp³-hybridized carbons (Fsp3) is 0.348. The number of nitrogens with zero attached hydrogens (tertiary/aromatic N) is 3.